The molecule has 25 heavy (non-hydrogen) atoms. The van der Waals surface area contributed by atoms with E-state index in [0.29, 0.717) is 6.54 Å². The van der Waals surface area contributed by atoms with E-state index < -0.39 is 6.03 Å². The Hall–Kier alpha value is -2.41. The lowest BCUT2D eigenvalue weighted by Crippen LogP contribution is -2.46. The van der Waals surface area contributed by atoms with Crippen LogP contribution in [0.2, 0.25) is 0 Å². The molecule has 0 saturated carbocycles. The summed E-state index contributed by atoms with van der Waals surface area (Å²) < 4.78 is 5.85. The second kappa shape index (κ2) is 8.11. The third-order valence-electron chi connectivity index (χ3n) is 4.40. The van der Waals surface area contributed by atoms with Gasteiger partial charge in [-0.1, -0.05) is 19.1 Å². The number of rotatable bonds is 5. The van der Waals surface area contributed by atoms with Gasteiger partial charge in [-0.15, -0.1) is 0 Å². The van der Waals surface area contributed by atoms with Gasteiger partial charge in [-0.25, -0.2) is 9.78 Å². The molecule has 134 valence electrons. The van der Waals surface area contributed by atoms with E-state index in [0.717, 1.165) is 49.3 Å². The zero-order valence-electron chi connectivity index (χ0n) is 14.5. The van der Waals surface area contributed by atoms with Gasteiger partial charge >= 0.3 is 6.03 Å². The molecule has 0 radical (unpaired) electrons. The minimum absolute atomic E-state index is 0.236. The summed E-state index contributed by atoms with van der Waals surface area (Å²) >= 11 is 0. The van der Waals surface area contributed by atoms with Gasteiger partial charge in [0.15, 0.2) is 11.5 Å². The lowest BCUT2D eigenvalue weighted by Gasteiger charge is -2.29. The number of carbonyl (C=O) groups is 2. The van der Waals surface area contributed by atoms with Crippen molar-refractivity contribution in [2.24, 2.45) is 0 Å². The third kappa shape index (κ3) is 4.57. The summed E-state index contributed by atoms with van der Waals surface area (Å²) in [5.74, 6) is 0.790. The lowest BCUT2D eigenvalue weighted by atomic mass is 9.97. The van der Waals surface area contributed by atoms with E-state index in [1.54, 1.807) is 0 Å². The van der Waals surface area contributed by atoms with Crippen LogP contribution in [0.15, 0.2) is 28.7 Å². The monoisotopic (exact) mass is 344 g/mol. The SMILES string of the molecule is CCCNC(=O)NC(=O)CN1CCC(c2nc3ccccc3o2)CC1. The second-order valence-electron chi connectivity index (χ2n) is 6.37. The maximum Gasteiger partial charge on any atom is 0.321 e. The van der Waals surface area contributed by atoms with Crippen molar-refractivity contribution in [1.29, 1.82) is 0 Å². The van der Waals surface area contributed by atoms with Crippen molar-refractivity contribution in [2.45, 2.75) is 32.1 Å². The number of benzene rings is 1. The number of aromatic nitrogens is 1. The first-order chi connectivity index (χ1) is 12.2. The maximum absolute atomic E-state index is 11.9. The molecule has 0 bridgehead atoms. The Morgan fingerprint density at radius 3 is 2.76 bits per heavy atom. The summed E-state index contributed by atoms with van der Waals surface area (Å²) in [5.41, 5.74) is 1.70. The Morgan fingerprint density at radius 1 is 1.28 bits per heavy atom. The first-order valence-electron chi connectivity index (χ1n) is 8.81. The quantitative estimate of drug-likeness (QED) is 0.868. The number of amides is 3. The average Bonchev–Trinajstić information content (AvgIpc) is 3.04. The zero-order valence-corrected chi connectivity index (χ0v) is 14.5. The summed E-state index contributed by atoms with van der Waals surface area (Å²) in [6, 6.07) is 7.34. The Labute approximate surface area is 146 Å². The fourth-order valence-electron chi connectivity index (χ4n) is 3.05. The van der Waals surface area contributed by atoms with Crippen LogP contribution in [0.3, 0.4) is 0 Å². The number of nitrogens with zero attached hydrogens (tertiary/aromatic N) is 2. The molecule has 1 aromatic heterocycles. The van der Waals surface area contributed by atoms with Crippen molar-refractivity contribution in [3.05, 3.63) is 30.2 Å². The van der Waals surface area contributed by atoms with Gasteiger partial charge in [0.25, 0.3) is 0 Å². The van der Waals surface area contributed by atoms with Gasteiger partial charge in [-0.05, 0) is 44.5 Å². The van der Waals surface area contributed by atoms with Crippen molar-refractivity contribution < 1.29 is 14.0 Å². The third-order valence-corrected chi connectivity index (χ3v) is 4.40. The number of imide groups is 1. The minimum Gasteiger partial charge on any atom is -0.440 e. The van der Waals surface area contributed by atoms with Crippen LogP contribution in [-0.2, 0) is 4.79 Å². The Balaban J connectivity index is 1.47. The smallest absolute Gasteiger partial charge is 0.321 e. The van der Waals surface area contributed by atoms with E-state index in [-0.39, 0.29) is 18.4 Å². The Bertz CT molecular complexity index is 702. The van der Waals surface area contributed by atoms with Gasteiger partial charge in [0.2, 0.25) is 5.91 Å². The number of urea groups is 1. The van der Waals surface area contributed by atoms with Gasteiger partial charge in [0.1, 0.15) is 5.52 Å². The van der Waals surface area contributed by atoms with Crippen LogP contribution in [0.25, 0.3) is 11.1 Å². The molecule has 2 heterocycles. The van der Waals surface area contributed by atoms with Crippen LogP contribution < -0.4 is 10.6 Å². The molecule has 0 unspecified atom stereocenters. The van der Waals surface area contributed by atoms with Crippen LogP contribution >= 0.6 is 0 Å². The predicted octanol–water partition coefficient (Wildman–Crippen LogP) is 2.24. The molecule has 0 atom stereocenters. The fourth-order valence-corrected chi connectivity index (χ4v) is 3.05. The molecule has 3 amide bonds. The molecule has 2 N–H and O–H groups in total. The molecule has 7 heteroatoms. The number of fused-ring (bicyclic) bond motifs is 1. The van der Waals surface area contributed by atoms with Gasteiger partial charge in [0, 0.05) is 12.5 Å². The van der Waals surface area contributed by atoms with Crippen molar-refractivity contribution in [3.63, 3.8) is 0 Å². The van der Waals surface area contributed by atoms with E-state index in [1.807, 2.05) is 31.2 Å². The molecular weight excluding hydrogens is 320 g/mol. The van der Waals surface area contributed by atoms with Gasteiger partial charge in [0.05, 0.1) is 6.54 Å². The van der Waals surface area contributed by atoms with Crippen LogP contribution in [0, 0.1) is 0 Å². The number of likely N-dealkylation sites (tertiary alicyclic amines) is 1. The molecule has 1 aliphatic heterocycles. The summed E-state index contributed by atoms with van der Waals surface area (Å²) in [6.07, 6.45) is 2.62. The van der Waals surface area contributed by atoms with Crippen LogP contribution in [0.5, 0.6) is 0 Å². The molecule has 2 aromatic rings. The second-order valence-corrected chi connectivity index (χ2v) is 6.37. The molecular formula is C18H24N4O3. The van der Waals surface area contributed by atoms with Crippen molar-refractivity contribution >= 4 is 23.0 Å². The molecule has 7 nitrogen and oxygen atoms in total. The van der Waals surface area contributed by atoms with E-state index in [2.05, 4.69) is 20.5 Å². The van der Waals surface area contributed by atoms with E-state index >= 15 is 0 Å². The first kappa shape index (κ1) is 17.4. The topological polar surface area (TPSA) is 87.5 Å². The number of piperidine rings is 1. The predicted molar refractivity (Wildman–Crippen MR) is 94.3 cm³/mol. The molecule has 1 aromatic carbocycles. The fraction of sp³-hybridized carbons (Fsp3) is 0.500. The summed E-state index contributed by atoms with van der Waals surface area (Å²) in [4.78, 5) is 30.0. The van der Waals surface area contributed by atoms with E-state index in [9.17, 15) is 9.59 Å². The van der Waals surface area contributed by atoms with E-state index in [4.69, 9.17) is 4.42 Å². The standard InChI is InChI=1S/C18H24N4O3/c1-2-9-19-18(24)21-16(23)12-22-10-7-13(8-11-22)17-20-14-5-3-4-6-15(14)25-17/h3-6,13H,2,7-12H2,1H3,(H2,19,21,23,24). The number of oxazole rings is 1. The molecule has 0 spiro atoms. The largest absolute Gasteiger partial charge is 0.440 e. The first-order valence-corrected chi connectivity index (χ1v) is 8.81. The molecule has 3 rings (SSSR count). The molecule has 1 saturated heterocycles. The van der Waals surface area contributed by atoms with Gasteiger partial charge in [-0.2, -0.15) is 0 Å². The maximum atomic E-state index is 11.9. The highest BCUT2D eigenvalue weighted by Gasteiger charge is 2.25. The van der Waals surface area contributed by atoms with Crippen LogP contribution in [0.4, 0.5) is 4.79 Å². The average molecular weight is 344 g/mol. The zero-order chi connectivity index (χ0) is 17.6. The van der Waals surface area contributed by atoms with E-state index in [1.165, 1.54) is 0 Å². The Kier molecular flexibility index (Phi) is 5.65. The normalized spacial score (nSPS) is 16.0. The number of para-hydroxylation sites is 2. The number of hydrogen-bond acceptors (Lipinski definition) is 5. The number of carbonyl (C=O) groups excluding carboxylic acids is 2. The lowest BCUT2D eigenvalue weighted by molar-refractivity contribution is -0.121. The van der Waals surface area contributed by atoms with Crippen LogP contribution in [0.1, 0.15) is 38.0 Å². The van der Waals surface area contributed by atoms with Gasteiger partial charge in [-0.3, -0.25) is 15.0 Å². The van der Waals surface area contributed by atoms with Crippen LogP contribution in [-0.4, -0.2) is 48.0 Å². The van der Waals surface area contributed by atoms with Crippen molar-refractivity contribution in [3.8, 4) is 0 Å². The molecule has 0 aliphatic carbocycles. The van der Waals surface area contributed by atoms with Gasteiger partial charge < -0.3 is 9.73 Å². The summed E-state index contributed by atoms with van der Waals surface area (Å²) in [7, 11) is 0. The van der Waals surface area contributed by atoms with Crippen molar-refractivity contribution in [1.82, 2.24) is 20.5 Å². The molecule has 1 aliphatic rings. The number of hydrogen-bond donors (Lipinski definition) is 2. The summed E-state index contributed by atoms with van der Waals surface area (Å²) in [5, 5.41) is 4.99. The van der Waals surface area contributed by atoms with Crippen molar-refractivity contribution in [2.75, 3.05) is 26.2 Å². The Morgan fingerprint density at radius 2 is 2.04 bits per heavy atom. The highest BCUT2D eigenvalue weighted by atomic mass is 16.3. The summed E-state index contributed by atoms with van der Waals surface area (Å²) in [6.45, 7) is 4.33. The highest BCUT2D eigenvalue weighted by Crippen LogP contribution is 2.29. The highest BCUT2D eigenvalue weighted by molar-refractivity contribution is 5.95. The minimum atomic E-state index is -0.423. The molecule has 1 fully saturated rings. The number of nitrogens with one attached hydrogen (secondary N) is 2.